The quantitative estimate of drug-likeness (QED) is 0.827. The molecule has 0 amide bonds. The third-order valence-corrected chi connectivity index (χ3v) is 5.16. The number of hydrogen-bond donors (Lipinski definition) is 1. The van der Waals surface area contributed by atoms with Crippen molar-refractivity contribution in [1.29, 1.82) is 0 Å². The molecule has 0 fully saturated rings. The number of carboxylic acids is 1. The molecule has 0 aliphatic heterocycles. The summed E-state index contributed by atoms with van der Waals surface area (Å²) in [4.78, 5) is 10.4. The zero-order valence-corrected chi connectivity index (χ0v) is 11.7. The number of aliphatic carboxylic acids is 1. The molecule has 0 aliphatic carbocycles. The van der Waals surface area contributed by atoms with Crippen LogP contribution in [-0.2, 0) is 10.5 Å². The van der Waals surface area contributed by atoms with Crippen molar-refractivity contribution in [2.45, 2.75) is 14.4 Å². The Hall–Kier alpha value is -1.05. The molecule has 0 saturated heterocycles. The molecule has 2 rings (SSSR count). The molecule has 4 nitrogen and oxygen atoms in total. The first kappa shape index (κ1) is 13.4. The molecule has 1 heterocycles. The second kappa shape index (κ2) is 6.77. The van der Waals surface area contributed by atoms with E-state index in [1.54, 1.807) is 11.8 Å². The first-order valence-electron chi connectivity index (χ1n) is 5.09. The SMILES string of the molecule is O=C(O)CSc1nnc(SCc2ccccc2)s1. The Balaban J connectivity index is 1.85. The van der Waals surface area contributed by atoms with Gasteiger partial charge in [0.1, 0.15) is 0 Å². The number of aromatic nitrogens is 2. The van der Waals surface area contributed by atoms with Gasteiger partial charge in [-0.1, -0.05) is 65.2 Å². The predicted molar refractivity (Wildman–Crippen MR) is 74.3 cm³/mol. The normalized spacial score (nSPS) is 10.4. The van der Waals surface area contributed by atoms with Crippen LogP contribution in [0.3, 0.4) is 0 Å². The summed E-state index contributed by atoms with van der Waals surface area (Å²) >= 11 is 4.25. The zero-order valence-electron chi connectivity index (χ0n) is 9.28. The highest BCUT2D eigenvalue weighted by atomic mass is 32.2. The van der Waals surface area contributed by atoms with Crippen LogP contribution < -0.4 is 0 Å². The van der Waals surface area contributed by atoms with Gasteiger partial charge in [0.05, 0.1) is 5.75 Å². The van der Waals surface area contributed by atoms with Gasteiger partial charge in [-0.25, -0.2) is 0 Å². The van der Waals surface area contributed by atoms with Crippen LogP contribution in [0.4, 0.5) is 0 Å². The molecule has 7 heteroatoms. The molecule has 94 valence electrons. The van der Waals surface area contributed by atoms with E-state index < -0.39 is 5.97 Å². The lowest BCUT2D eigenvalue weighted by atomic mass is 10.2. The standard InChI is InChI=1S/C11H10N2O2S3/c14-9(15)7-17-11-13-12-10(18-11)16-6-8-4-2-1-3-5-8/h1-5H,6-7H2,(H,14,15). The first-order valence-corrected chi connectivity index (χ1v) is 7.87. The number of nitrogens with zero attached hydrogens (tertiary/aromatic N) is 2. The molecule has 0 unspecified atom stereocenters. The van der Waals surface area contributed by atoms with Crippen LogP contribution in [0.1, 0.15) is 5.56 Å². The van der Waals surface area contributed by atoms with Crippen LogP contribution in [0, 0.1) is 0 Å². The summed E-state index contributed by atoms with van der Waals surface area (Å²) in [6, 6.07) is 10.1. The van der Waals surface area contributed by atoms with E-state index in [-0.39, 0.29) is 5.75 Å². The summed E-state index contributed by atoms with van der Waals surface area (Å²) in [5.41, 5.74) is 1.23. The predicted octanol–water partition coefficient (Wildman–Crippen LogP) is 3.01. The average Bonchev–Trinajstić information content (AvgIpc) is 2.83. The molecular formula is C11H10N2O2S3. The van der Waals surface area contributed by atoms with E-state index in [9.17, 15) is 4.79 Å². The van der Waals surface area contributed by atoms with Crippen molar-refractivity contribution < 1.29 is 9.90 Å². The van der Waals surface area contributed by atoms with Gasteiger partial charge in [-0.05, 0) is 5.56 Å². The smallest absolute Gasteiger partial charge is 0.313 e. The van der Waals surface area contributed by atoms with E-state index in [0.717, 1.165) is 10.1 Å². The van der Waals surface area contributed by atoms with Crippen molar-refractivity contribution in [1.82, 2.24) is 10.2 Å². The number of rotatable bonds is 6. The number of carbonyl (C=O) groups is 1. The molecule has 0 bridgehead atoms. The van der Waals surface area contributed by atoms with Gasteiger partial charge >= 0.3 is 5.97 Å². The van der Waals surface area contributed by atoms with Crippen LogP contribution in [0.2, 0.25) is 0 Å². The number of thioether (sulfide) groups is 2. The third kappa shape index (κ3) is 4.32. The molecule has 2 aromatic rings. The Bertz CT molecular complexity index is 516. The second-order valence-electron chi connectivity index (χ2n) is 3.29. The topological polar surface area (TPSA) is 63.1 Å². The van der Waals surface area contributed by atoms with Gasteiger partial charge in [0.25, 0.3) is 0 Å². The number of benzene rings is 1. The minimum atomic E-state index is -0.839. The first-order chi connectivity index (χ1) is 8.74. The maximum absolute atomic E-state index is 10.4. The Morgan fingerprint density at radius 3 is 2.50 bits per heavy atom. The van der Waals surface area contributed by atoms with Crippen molar-refractivity contribution in [3.8, 4) is 0 Å². The highest BCUT2D eigenvalue weighted by Crippen LogP contribution is 2.30. The lowest BCUT2D eigenvalue weighted by Gasteiger charge is -1.96. The summed E-state index contributed by atoms with van der Waals surface area (Å²) in [6.07, 6.45) is 0. The lowest BCUT2D eigenvalue weighted by Crippen LogP contribution is -1.96. The number of hydrogen-bond acceptors (Lipinski definition) is 6. The molecule has 0 atom stereocenters. The Kier molecular flexibility index (Phi) is 5.03. The molecule has 1 N–H and O–H groups in total. The van der Waals surface area contributed by atoms with E-state index in [2.05, 4.69) is 22.3 Å². The minimum absolute atomic E-state index is 0.0258. The lowest BCUT2D eigenvalue weighted by molar-refractivity contribution is -0.133. The van der Waals surface area contributed by atoms with Gasteiger partial charge in [-0.2, -0.15) is 0 Å². The van der Waals surface area contributed by atoms with Gasteiger partial charge in [-0.15, -0.1) is 10.2 Å². The van der Waals surface area contributed by atoms with Crippen LogP contribution in [-0.4, -0.2) is 27.0 Å². The van der Waals surface area contributed by atoms with Crippen LogP contribution in [0.25, 0.3) is 0 Å². The fraction of sp³-hybridized carbons (Fsp3) is 0.182. The van der Waals surface area contributed by atoms with E-state index in [1.165, 1.54) is 28.7 Å². The Labute approximate surface area is 117 Å². The van der Waals surface area contributed by atoms with Crippen molar-refractivity contribution in [3.05, 3.63) is 35.9 Å². The summed E-state index contributed by atoms with van der Waals surface area (Å²) < 4.78 is 1.57. The second-order valence-corrected chi connectivity index (χ2v) is 6.71. The van der Waals surface area contributed by atoms with Crippen LogP contribution in [0.15, 0.2) is 39.0 Å². The largest absolute Gasteiger partial charge is 0.481 e. The Morgan fingerprint density at radius 2 is 1.83 bits per heavy atom. The van der Waals surface area contributed by atoms with E-state index in [0.29, 0.717) is 4.34 Å². The van der Waals surface area contributed by atoms with Gasteiger partial charge in [-0.3, -0.25) is 4.79 Å². The highest BCUT2D eigenvalue weighted by Gasteiger charge is 2.07. The van der Waals surface area contributed by atoms with Crippen LogP contribution >= 0.6 is 34.9 Å². The summed E-state index contributed by atoms with van der Waals surface area (Å²) in [6.45, 7) is 0. The van der Waals surface area contributed by atoms with Gasteiger partial charge < -0.3 is 5.11 Å². The summed E-state index contributed by atoms with van der Waals surface area (Å²) in [7, 11) is 0. The molecule has 0 saturated carbocycles. The zero-order chi connectivity index (χ0) is 12.8. The van der Waals surface area contributed by atoms with Gasteiger partial charge in [0.15, 0.2) is 8.68 Å². The molecule has 0 radical (unpaired) electrons. The molecule has 0 spiro atoms. The average molecular weight is 298 g/mol. The molecule has 1 aromatic heterocycles. The Morgan fingerprint density at radius 1 is 1.17 bits per heavy atom. The monoisotopic (exact) mass is 298 g/mol. The molecular weight excluding hydrogens is 288 g/mol. The maximum atomic E-state index is 10.4. The van der Waals surface area contributed by atoms with Crippen molar-refractivity contribution in [3.63, 3.8) is 0 Å². The summed E-state index contributed by atoms with van der Waals surface area (Å²) in [5, 5.41) is 16.5. The maximum Gasteiger partial charge on any atom is 0.313 e. The highest BCUT2D eigenvalue weighted by molar-refractivity contribution is 8.03. The fourth-order valence-corrected chi connectivity index (χ4v) is 3.85. The fourth-order valence-electron chi connectivity index (χ4n) is 1.16. The minimum Gasteiger partial charge on any atom is -0.481 e. The van der Waals surface area contributed by atoms with Gasteiger partial charge in [0.2, 0.25) is 0 Å². The molecule has 1 aromatic carbocycles. The van der Waals surface area contributed by atoms with E-state index in [4.69, 9.17) is 5.11 Å². The van der Waals surface area contributed by atoms with Crippen molar-refractivity contribution in [2.24, 2.45) is 0 Å². The third-order valence-electron chi connectivity index (χ3n) is 1.91. The van der Waals surface area contributed by atoms with E-state index >= 15 is 0 Å². The van der Waals surface area contributed by atoms with Crippen LogP contribution in [0.5, 0.6) is 0 Å². The van der Waals surface area contributed by atoms with Crippen molar-refractivity contribution in [2.75, 3.05) is 5.75 Å². The van der Waals surface area contributed by atoms with Gasteiger partial charge in [0, 0.05) is 5.75 Å². The summed E-state index contributed by atoms with van der Waals surface area (Å²) in [5.74, 6) is 0.0329. The van der Waals surface area contributed by atoms with E-state index in [1.807, 2.05) is 18.2 Å². The molecule has 0 aliphatic rings. The number of carboxylic acid groups (broad SMARTS) is 1. The molecule has 18 heavy (non-hydrogen) atoms. The van der Waals surface area contributed by atoms with Crippen molar-refractivity contribution >= 4 is 40.8 Å².